The molecule has 5 heteroatoms. The minimum Gasteiger partial charge on any atom is -0.355 e. The second kappa shape index (κ2) is 5.42. The van der Waals surface area contributed by atoms with E-state index < -0.39 is 0 Å². The number of nitrogens with one attached hydrogen (secondary N) is 1. The second-order valence-corrected chi connectivity index (χ2v) is 5.07. The molecule has 0 unspecified atom stereocenters. The summed E-state index contributed by atoms with van der Waals surface area (Å²) >= 11 is 1.43. The average molecular weight is 228 g/mol. The summed E-state index contributed by atoms with van der Waals surface area (Å²) in [5, 5.41) is 4.26. The number of hydrogen-bond acceptors (Lipinski definition) is 5. The molecule has 0 amide bonds. The summed E-state index contributed by atoms with van der Waals surface area (Å²) in [6, 6.07) is 0. The molecule has 0 atom stereocenters. The third-order valence-corrected chi connectivity index (χ3v) is 2.82. The first kappa shape index (κ1) is 12.4. The Morgan fingerprint density at radius 1 is 1.47 bits per heavy atom. The molecule has 0 saturated heterocycles. The van der Waals surface area contributed by atoms with Gasteiger partial charge in [0.2, 0.25) is 5.13 Å². The van der Waals surface area contributed by atoms with Crippen molar-refractivity contribution in [3.8, 4) is 0 Å². The van der Waals surface area contributed by atoms with Gasteiger partial charge in [-0.3, -0.25) is 0 Å². The van der Waals surface area contributed by atoms with Gasteiger partial charge in [-0.15, -0.1) is 0 Å². The predicted octanol–water partition coefficient (Wildman–Crippen LogP) is 2.03. The maximum Gasteiger partial charge on any atom is 0.202 e. The van der Waals surface area contributed by atoms with Crippen LogP contribution >= 0.6 is 11.5 Å². The Morgan fingerprint density at radius 2 is 2.20 bits per heavy atom. The molecule has 0 fully saturated rings. The van der Waals surface area contributed by atoms with Gasteiger partial charge in [0.25, 0.3) is 0 Å². The van der Waals surface area contributed by atoms with Gasteiger partial charge < -0.3 is 11.1 Å². The van der Waals surface area contributed by atoms with E-state index in [0.29, 0.717) is 6.54 Å². The van der Waals surface area contributed by atoms with Gasteiger partial charge in [-0.05, 0) is 33.2 Å². The molecule has 1 rings (SSSR count). The van der Waals surface area contributed by atoms with Crippen molar-refractivity contribution in [1.29, 1.82) is 0 Å². The smallest absolute Gasteiger partial charge is 0.202 e. The van der Waals surface area contributed by atoms with E-state index in [1.54, 1.807) is 0 Å². The Bertz CT molecular complexity index is 295. The minimum atomic E-state index is -0.00221. The van der Waals surface area contributed by atoms with Gasteiger partial charge in [0.05, 0.1) is 0 Å². The summed E-state index contributed by atoms with van der Waals surface area (Å²) < 4.78 is 4.29. The highest BCUT2D eigenvalue weighted by molar-refractivity contribution is 7.09. The van der Waals surface area contributed by atoms with Gasteiger partial charge in [-0.2, -0.15) is 4.37 Å². The van der Waals surface area contributed by atoms with Gasteiger partial charge in [-0.25, -0.2) is 4.98 Å². The number of aryl methyl sites for hydroxylation is 1. The molecule has 0 aliphatic rings. The topological polar surface area (TPSA) is 63.8 Å². The average Bonchev–Trinajstić information content (AvgIpc) is 2.52. The molecule has 0 spiro atoms. The normalized spacial score (nSPS) is 11.7. The lowest BCUT2D eigenvalue weighted by molar-refractivity contribution is 0.526. The summed E-state index contributed by atoms with van der Waals surface area (Å²) in [6.45, 7) is 7.06. The summed E-state index contributed by atoms with van der Waals surface area (Å²) in [5.74, 6) is 0.938. The molecule has 86 valence electrons. The van der Waals surface area contributed by atoms with Gasteiger partial charge >= 0.3 is 0 Å². The van der Waals surface area contributed by atoms with Gasteiger partial charge in [0.1, 0.15) is 5.82 Å². The molecule has 1 heterocycles. The van der Waals surface area contributed by atoms with Crippen LogP contribution in [0.1, 0.15) is 39.4 Å². The number of aromatic nitrogens is 2. The van der Waals surface area contributed by atoms with Gasteiger partial charge in [0.15, 0.2) is 0 Å². The van der Waals surface area contributed by atoms with E-state index in [0.717, 1.165) is 30.2 Å². The fraction of sp³-hybridized carbons (Fsp3) is 0.800. The first-order valence-corrected chi connectivity index (χ1v) is 6.15. The number of rotatable bonds is 6. The van der Waals surface area contributed by atoms with Gasteiger partial charge in [0, 0.05) is 23.5 Å². The Labute approximate surface area is 95.5 Å². The van der Waals surface area contributed by atoms with Crippen LogP contribution in [0, 0.1) is 0 Å². The van der Waals surface area contributed by atoms with Crippen molar-refractivity contribution in [2.75, 3.05) is 11.9 Å². The molecule has 0 aliphatic heterocycles. The van der Waals surface area contributed by atoms with Crippen molar-refractivity contribution >= 4 is 16.7 Å². The van der Waals surface area contributed by atoms with E-state index in [2.05, 4.69) is 35.4 Å². The van der Waals surface area contributed by atoms with E-state index >= 15 is 0 Å². The van der Waals surface area contributed by atoms with Crippen LogP contribution in [0.25, 0.3) is 0 Å². The largest absolute Gasteiger partial charge is 0.355 e. The Balaban J connectivity index is 2.56. The zero-order chi connectivity index (χ0) is 11.3. The highest BCUT2D eigenvalue weighted by Gasteiger charge is 2.18. The SMILES string of the molecule is CCCc1nsc(NC(C)(C)CCN)n1. The van der Waals surface area contributed by atoms with Crippen molar-refractivity contribution in [2.45, 2.75) is 45.6 Å². The third-order valence-electron chi connectivity index (χ3n) is 2.16. The zero-order valence-electron chi connectivity index (χ0n) is 9.71. The van der Waals surface area contributed by atoms with Crippen molar-refractivity contribution < 1.29 is 0 Å². The van der Waals surface area contributed by atoms with E-state index in [4.69, 9.17) is 5.73 Å². The molecular weight excluding hydrogens is 208 g/mol. The summed E-state index contributed by atoms with van der Waals surface area (Å²) in [6.07, 6.45) is 2.97. The molecule has 0 saturated carbocycles. The van der Waals surface area contributed by atoms with Crippen LogP contribution in [0.5, 0.6) is 0 Å². The van der Waals surface area contributed by atoms with E-state index in [-0.39, 0.29) is 5.54 Å². The summed E-state index contributed by atoms with van der Waals surface area (Å²) in [5.41, 5.74) is 5.55. The molecule has 0 aromatic carbocycles. The van der Waals surface area contributed by atoms with Crippen molar-refractivity contribution in [2.24, 2.45) is 5.73 Å². The summed E-state index contributed by atoms with van der Waals surface area (Å²) in [7, 11) is 0. The van der Waals surface area contributed by atoms with Crippen molar-refractivity contribution in [1.82, 2.24) is 9.36 Å². The molecule has 4 nitrogen and oxygen atoms in total. The fourth-order valence-corrected chi connectivity index (χ4v) is 2.13. The maximum absolute atomic E-state index is 5.55. The van der Waals surface area contributed by atoms with Crippen LogP contribution < -0.4 is 11.1 Å². The lowest BCUT2D eigenvalue weighted by Crippen LogP contribution is -2.33. The van der Waals surface area contributed by atoms with Crippen LogP contribution in [-0.4, -0.2) is 21.4 Å². The minimum absolute atomic E-state index is 0.00221. The summed E-state index contributed by atoms with van der Waals surface area (Å²) in [4.78, 5) is 4.42. The van der Waals surface area contributed by atoms with E-state index in [9.17, 15) is 0 Å². The Morgan fingerprint density at radius 3 is 2.80 bits per heavy atom. The Kier molecular flexibility index (Phi) is 4.47. The molecule has 0 bridgehead atoms. The van der Waals surface area contributed by atoms with E-state index in [1.165, 1.54) is 11.5 Å². The molecule has 0 aliphatic carbocycles. The first-order chi connectivity index (χ1) is 7.07. The van der Waals surface area contributed by atoms with Crippen LogP contribution in [0.15, 0.2) is 0 Å². The lowest BCUT2D eigenvalue weighted by Gasteiger charge is -2.24. The van der Waals surface area contributed by atoms with E-state index in [1.807, 2.05) is 0 Å². The molecule has 3 N–H and O–H groups in total. The number of nitrogens with two attached hydrogens (primary N) is 1. The highest BCUT2D eigenvalue weighted by atomic mass is 32.1. The highest BCUT2D eigenvalue weighted by Crippen LogP contribution is 2.19. The Hall–Kier alpha value is -0.680. The molecule has 1 aromatic heterocycles. The lowest BCUT2D eigenvalue weighted by atomic mass is 10.0. The van der Waals surface area contributed by atoms with Crippen LogP contribution in [0.4, 0.5) is 5.13 Å². The zero-order valence-corrected chi connectivity index (χ0v) is 10.5. The third kappa shape index (κ3) is 4.13. The quantitative estimate of drug-likeness (QED) is 0.782. The number of nitrogens with zero attached hydrogens (tertiary/aromatic N) is 2. The molecule has 0 radical (unpaired) electrons. The first-order valence-electron chi connectivity index (χ1n) is 5.38. The fourth-order valence-electron chi connectivity index (χ4n) is 1.34. The van der Waals surface area contributed by atoms with Crippen molar-refractivity contribution in [3.63, 3.8) is 0 Å². The number of anilines is 1. The van der Waals surface area contributed by atoms with Crippen LogP contribution in [0.2, 0.25) is 0 Å². The van der Waals surface area contributed by atoms with Crippen molar-refractivity contribution in [3.05, 3.63) is 5.82 Å². The maximum atomic E-state index is 5.55. The second-order valence-electron chi connectivity index (χ2n) is 4.31. The van der Waals surface area contributed by atoms with Crippen LogP contribution in [0.3, 0.4) is 0 Å². The molecule has 1 aromatic rings. The predicted molar refractivity (Wildman–Crippen MR) is 65.3 cm³/mol. The molecular formula is C10H20N4S. The van der Waals surface area contributed by atoms with Crippen LogP contribution in [-0.2, 0) is 6.42 Å². The monoisotopic (exact) mass is 228 g/mol. The standard InChI is InChI=1S/C10H20N4S/c1-4-5-8-12-9(15-14-8)13-10(2,3)6-7-11/h4-7,11H2,1-3H3,(H,12,13,14). The van der Waals surface area contributed by atoms with Gasteiger partial charge in [-0.1, -0.05) is 6.92 Å². The number of hydrogen-bond donors (Lipinski definition) is 2. The molecule has 15 heavy (non-hydrogen) atoms.